The van der Waals surface area contributed by atoms with Crippen LogP contribution in [-0.2, 0) is 9.53 Å². The second-order valence-electron chi connectivity index (χ2n) is 6.37. The van der Waals surface area contributed by atoms with Gasteiger partial charge in [0, 0.05) is 10.9 Å². The molecule has 3 heterocycles. The van der Waals surface area contributed by atoms with E-state index in [2.05, 4.69) is 30.5 Å². The van der Waals surface area contributed by atoms with Gasteiger partial charge in [0.15, 0.2) is 10.8 Å². The Morgan fingerprint density at radius 3 is 2.87 bits per heavy atom. The average molecular weight is 443 g/mol. The number of hydrogen-bond donors (Lipinski definition) is 2. The molecule has 0 unspecified atom stereocenters. The van der Waals surface area contributed by atoms with E-state index in [0.717, 1.165) is 22.2 Å². The van der Waals surface area contributed by atoms with Crippen LogP contribution in [0, 0.1) is 6.92 Å². The van der Waals surface area contributed by atoms with Crippen molar-refractivity contribution in [2.24, 2.45) is 0 Å². The van der Waals surface area contributed by atoms with E-state index in [1.54, 1.807) is 20.8 Å². The molecule has 1 aromatic carbocycles. The number of nitrogens with zero attached hydrogens (tertiary/aromatic N) is 4. The number of aromatic amines is 1. The van der Waals surface area contributed by atoms with E-state index in [-0.39, 0.29) is 12.5 Å². The molecule has 0 fully saturated rings. The predicted octanol–water partition coefficient (Wildman–Crippen LogP) is 3.57. The zero-order valence-electron chi connectivity index (χ0n) is 16.4. The molecule has 0 saturated heterocycles. The fraction of sp³-hybridized carbons (Fsp3) is 0.263. The molecule has 0 aliphatic heterocycles. The zero-order valence-corrected chi connectivity index (χ0v) is 18.1. The summed E-state index contributed by atoms with van der Waals surface area (Å²) in [5.41, 5.74) is 2.76. The molecule has 3 aromatic heterocycles. The number of aryl methyl sites for hydroxylation is 1. The van der Waals surface area contributed by atoms with Gasteiger partial charge in [-0.1, -0.05) is 41.3 Å². The summed E-state index contributed by atoms with van der Waals surface area (Å²) >= 11 is 2.28. The number of thiazole rings is 1. The number of thioether (sulfide) groups is 1. The summed E-state index contributed by atoms with van der Waals surface area (Å²) in [6, 6.07) is 7.76. The van der Waals surface area contributed by atoms with E-state index in [9.17, 15) is 9.59 Å². The summed E-state index contributed by atoms with van der Waals surface area (Å²) in [7, 11) is 0. The molecule has 1 atom stereocenters. The van der Waals surface area contributed by atoms with Gasteiger partial charge in [-0.2, -0.15) is 0 Å². The summed E-state index contributed by atoms with van der Waals surface area (Å²) < 4.78 is 5.00. The summed E-state index contributed by atoms with van der Waals surface area (Å²) in [4.78, 5) is 36.8. The van der Waals surface area contributed by atoms with Crippen molar-refractivity contribution in [3.05, 3.63) is 34.8 Å². The van der Waals surface area contributed by atoms with Crippen LogP contribution >= 0.6 is 23.1 Å². The van der Waals surface area contributed by atoms with Crippen LogP contribution in [0.3, 0.4) is 0 Å². The Bertz CT molecular complexity index is 1250. The van der Waals surface area contributed by atoms with Crippen molar-refractivity contribution in [1.29, 1.82) is 0 Å². The number of carbonyl (C=O) groups is 2. The van der Waals surface area contributed by atoms with Crippen LogP contribution < -0.4 is 5.32 Å². The number of esters is 1. The number of benzene rings is 1. The Labute approximate surface area is 179 Å². The quantitative estimate of drug-likeness (QED) is 0.343. The summed E-state index contributed by atoms with van der Waals surface area (Å²) in [5.74, 6) is -0.717. The summed E-state index contributed by atoms with van der Waals surface area (Å²) in [6.45, 7) is 5.46. The van der Waals surface area contributed by atoms with Gasteiger partial charge in [-0.05, 0) is 26.8 Å². The van der Waals surface area contributed by atoms with Crippen LogP contribution in [0.1, 0.15) is 29.2 Å². The molecule has 0 bridgehead atoms. The van der Waals surface area contributed by atoms with E-state index in [1.165, 1.54) is 11.8 Å². The number of aromatic nitrogens is 5. The monoisotopic (exact) mass is 442 g/mol. The summed E-state index contributed by atoms with van der Waals surface area (Å²) in [5, 5.41) is 12.3. The summed E-state index contributed by atoms with van der Waals surface area (Å²) in [6.07, 6.45) is 0. The maximum absolute atomic E-state index is 12.6. The molecule has 4 aromatic rings. The van der Waals surface area contributed by atoms with Crippen LogP contribution in [0.5, 0.6) is 0 Å². The molecule has 4 rings (SSSR count). The number of rotatable bonds is 6. The fourth-order valence-corrected chi connectivity index (χ4v) is 4.39. The molecular formula is C19H18N6O3S2. The SMILES string of the molecule is CCOC(=O)c1sc(NC(=O)[C@H](C)Sc2nnc3c(n2)[nH]c2ccccc23)nc1C. The number of H-pyrrole nitrogens is 1. The lowest BCUT2D eigenvalue weighted by Crippen LogP contribution is -2.22. The van der Waals surface area contributed by atoms with E-state index >= 15 is 0 Å². The number of carbonyl (C=O) groups excluding carboxylic acids is 2. The van der Waals surface area contributed by atoms with Gasteiger partial charge < -0.3 is 15.0 Å². The van der Waals surface area contributed by atoms with Crippen LogP contribution in [0.2, 0.25) is 0 Å². The number of amides is 1. The number of ether oxygens (including phenoxy) is 1. The fourth-order valence-electron chi connectivity index (χ4n) is 2.81. The molecule has 9 nitrogen and oxygen atoms in total. The van der Waals surface area contributed by atoms with Crippen LogP contribution in [0.15, 0.2) is 29.4 Å². The molecular weight excluding hydrogens is 424 g/mol. The lowest BCUT2D eigenvalue weighted by Gasteiger charge is -2.08. The van der Waals surface area contributed by atoms with Gasteiger partial charge in [-0.25, -0.2) is 14.8 Å². The van der Waals surface area contributed by atoms with E-state index < -0.39 is 11.2 Å². The predicted molar refractivity (Wildman–Crippen MR) is 116 cm³/mol. The van der Waals surface area contributed by atoms with Gasteiger partial charge in [-0.3, -0.25) is 4.79 Å². The Hall–Kier alpha value is -3.05. The van der Waals surface area contributed by atoms with Crippen molar-refractivity contribution in [2.75, 3.05) is 11.9 Å². The third-order valence-electron chi connectivity index (χ3n) is 4.24. The molecule has 11 heteroatoms. The first kappa shape index (κ1) is 20.2. The largest absolute Gasteiger partial charge is 0.462 e. The van der Waals surface area contributed by atoms with Crippen LogP contribution in [0.25, 0.3) is 22.1 Å². The van der Waals surface area contributed by atoms with Gasteiger partial charge in [-0.15, -0.1) is 10.2 Å². The average Bonchev–Trinajstić information content (AvgIpc) is 3.27. The molecule has 1 amide bonds. The minimum Gasteiger partial charge on any atom is -0.462 e. The molecule has 2 N–H and O–H groups in total. The van der Waals surface area contributed by atoms with Crippen LogP contribution in [-0.4, -0.2) is 48.9 Å². The number of fused-ring (bicyclic) bond motifs is 3. The van der Waals surface area contributed by atoms with Crippen molar-refractivity contribution >= 4 is 62.2 Å². The minimum absolute atomic E-state index is 0.274. The number of anilines is 1. The maximum Gasteiger partial charge on any atom is 0.350 e. The highest BCUT2D eigenvalue weighted by molar-refractivity contribution is 8.00. The first-order valence-corrected chi connectivity index (χ1v) is 10.9. The molecule has 0 radical (unpaired) electrons. The zero-order chi connectivity index (χ0) is 21.3. The van der Waals surface area contributed by atoms with Crippen molar-refractivity contribution in [3.8, 4) is 0 Å². The highest BCUT2D eigenvalue weighted by atomic mass is 32.2. The first-order valence-electron chi connectivity index (χ1n) is 9.19. The van der Waals surface area contributed by atoms with Crippen molar-refractivity contribution < 1.29 is 14.3 Å². The normalized spacial score (nSPS) is 12.2. The van der Waals surface area contributed by atoms with Gasteiger partial charge in [0.2, 0.25) is 11.1 Å². The molecule has 0 saturated carbocycles. The van der Waals surface area contributed by atoms with Crippen molar-refractivity contribution in [3.63, 3.8) is 0 Å². The third-order valence-corrected chi connectivity index (χ3v) is 6.25. The molecule has 0 aliphatic carbocycles. The second-order valence-corrected chi connectivity index (χ2v) is 8.67. The van der Waals surface area contributed by atoms with Crippen molar-refractivity contribution in [2.45, 2.75) is 31.2 Å². The maximum atomic E-state index is 12.6. The van der Waals surface area contributed by atoms with Gasteiger partial charge in [0.25, 0.3) is 0 Å². The molecule has 154 valence electrons. The van der Waals surface area contributed by atoms with Gasteiger partial charge in [0.1, 0.15) is 10.4 Å². The highest BCUT2D eigenvalue weighted by Crippen LogP contribution is 2.27. The molecule has 0 spiro atoms. The van der Waals surface area contributed by atoms with Gasteiger partial charge >= 0.3 is 5.97 Å². The Morgan fingerprint density at radius 1 is 1.27 bits per heavy atom. The minimum atomic E-state index is -0.496. The lowest BCUT2D eigenvalue weighted by molar-refractivity contribution is -0.115. The first-order chi connectivity index (χ1) is 14.5. The third kappa shape index (κ3) is 3.98. The van der Waals surface area contributed by atoms with E-state index in [0.29, 0.717) is 32.0 Å². The Kier molecular flexibility index (Phi) is 5.64. The molecule has 0 aliphatic rings. The second kappa shape index (κ2) is 8.36. The Morgan fingerprint density at radius 2 is 2.07 bits per heavy atom. The number of nitrogens with one attached hydrogen (secondary N) is 2. The topological polar surface area (TPSA) is 123 Å². The number of hydrogen-bond acceptors (Lipinski definition) is 9. The highest BCUT2D eigenvalue weighted by Gasteiger charge is 2.21. The standard InChI is InChI=1S/C19H18N6O3S2/c1-4-28-17(27)14-9(2)20-18(30-14)23-16(26)10(3)29-19-22-15-13(24-25-19)11-7-5-6-8-12(11)21-15/h5-8,10H,4H2,1-3H3,(H,20,23,26)(H,21,22,25)/t10-/m0/s1. The smallest absolute Gasteiger partial charge is 0.350 e. The van der Waals surface area contributed by atoms with Crippen LogP contribution in [0.4, 0.5) is 5.13 Å². The lowest BCUT2D eigenvalue weighted by atomic mass is 10.2. The number of para-hydroxylation sites is 1. The Balaban J connectivity index is 1.46. The molecule has 30 heavy (non-hydrogen) atoms. The van der Waals surface area contributed by atoms with Gasteiger partial charge in [0.05, 0.1) is 17.6 Å². The van der Waals surface area contributed by atoms with E-state index in [1.807, 2.05) is 24.3 Å². The van der Waals surface area contributed by atoms with E-state index in [4.69, 9.17) is 4.74 Å². The van der Waals surface area contributed by atoms with Crippen molar-refractivity contribution in [1.82, 2.24) is 25.1 Å².